The van der Waals surface area contributed by atoms with Crippen LogP contribution in [-0.2, 0) is 4.79 Å². The topological polar surface area (TPSA) is 84.0 Å². The number of nitrogens with one attached hydrogen (secondary N) is 3. The van der Waals surface area contributed by atoms with E-state index >= 15 is 0 Å². The highest BCUT2D eigenvalue weighted by Crippen LogP contribution is 2.24. The number of carbonyl (C=O) groups is 1. The van der Waals surface area contributed by atoms with Crippen molar-refractivity contribution in [2.24, 2.45) is 5.10 Å². The molecule has 1 saturated heterocycles. The highest BCUT2D eigenvalue weighted by Gasteiger charge is 2.29. The fourth-order valence-electron chi connectivity index (χ4n) is 2.85. The van der Waals surface area contributed by atoms with Crippen LogP contribution < -0.4 is 25.8 Å². The number of hydrazone groups is 1. The van der Waals surface area contributed by atoms with Crippen LogP contribution in [0.25, 0.3) is 0 Å². The number of carbonyl (C=O) groups excluding carboxylic acids is 1. The largest absolute Gasteiger partial charge is 0.497 e. The van der Waals surface area contributed by atoms with Gasteiger partial charge >= 0.3 is 0 Å². The molecule has 3 rings (SSSR count). The SMILES string of the molecule is CCOc1ccc(C2CC(C(=O)N/N=C/c3ccc(OC)cc3)NN2)cc1. The first-order valence-corrected chi connectivity index (χ1v) is 8.90. The molecule has 0 radical (unpaired) electrons. The van der Waals surface area contributed by atoms with Crippen LogP contribution in [-0.4, -0.2) is 31.9 Å². The first-order valence-electron chi connectivity index (χ1n) is 8.90. The summed E-state index contributed by atoms with van der Waals surface area (Å²) in [5.74, 6) is 1.44. The van der Waals surface area contributed by atoms with Gasteiger partial charge in [0.05, 0.1) is 19.9 Å². The molecule has 1 amide bonds. The fraction of sp³-hybridized carbons (Fsp3) is 0.300. The average Bonchev–Trinajstić information content (AvgIpc) is 3.20. The lowest BCUT2D eigenvalue weighted by Gasteiger charge is -2.10. The second-order valence-corrected chi connectivity index (χ2v) is 6.14. The van der Waals surface area contributed by atoms with E-state index < -0.39 is 0 Å². The summed E-state index contributed by atoms with van der Waals surface area (Å²) in [5.41, 5.74) is 10.7. The summed E-state index contributed by atoms with van der Waals surface area (Å²) in [6, 6.07) is 15.0. The van der Waals surface area contributed by atoms with Gasteiger partial charge in [-0.3, -0.25) is 4.79 Å². The van der Waals surface area contributed by atoms with E-state index in [2.05, 4.69) is 21.4 Å². The van der Waals surface area contributed by atoms with E-state index in [1.54, 1.807) is 13.3 Å². The van der Waals surface area contributed by atoms with Gasteiger partial charge in [-0.15, -0.1) is 0 Å². The normalized spacial score (nSPS) is 19.2. The molecule has 2 aromatic rings. The Labute approximate surface area is 158 Å². The molecule has 0 aromatic heterocycles. The Bertz CT molecular complexity index is 775. The number of benzene rings is 2. The number of hydrogen-bond donors (Lipinski definition) is 3. The maximum Gasteiger partial charge on any atom is 0.258 e. The van der Waals surface area contributed by atoms with E-state index in [1.165, 1.54) is 0 Å². The molecule has 1 fully saturated rings. The molecule has 2 aromatic carbocycles. The number of hydrogen-bond acceptors (Lipinski definition) is 6. The zero-order valence-electron chi connectivity index (χ0n) is 15.4. The Hall–Kier alpha value is -2.90. The summed E-state index contributed by atoms with van der Waals surface area (Å²) in [4.78, 5) is 12.3. The molecule has 3 N–H and O–H groups in total. The van der Waals surface area contributed by atoms with Crippen molar-refractivity contribution in [1.82, 2.24) is 16.3 Å². The summed E-state index contributed by atoms with van der Waals surface area (Å²) >= 11 is 0. The van der Waals surface area contributed by atoms with Gasteiger partial charge in [0, 0.05) is 6.04 Å². The van der Waals surface area contributed by atoms with Crippen LogP contribution in [0, 0.1) is 0 Å². The van der Waals surface area contributed by atoms with Crippen LogP contribution in [0.1, 0.15) is 30.5 Å². The predicted octanol–water partition coefficient (Wildman–Crippen LogP) is 2.15. The number of amides is 1. The molecule has 7 nitrogen and oxygen atoms in total. The number of methoxy groups -OCH3 is 1. The molecule has 142 valence electrons. The van der Waals surface area contributed by atoms with E-state index in [-0.39, 0.29) is 18.0 Å². The quantitative estimate of drug-likeness (QED) is 0.515. The molecule has 0 spiro atoms. The van der Waals surface area contributed by atoms with E-state index in [4.69, 9.17) is 9.47 Å². The van der Waals surface area contributed by atoms with E-state index in [9.17, 15) is 4.79 Å². The summed E-state index contributed by atoms with van der Waals surface area (Å²) < 4.78 is 10.6. The number of rotatable bonds is 7. The van der Waals surface area contributed by atoms with Crippen LogP contribution in [0.4, 0.5) is 0 Å². The lowest BCUT2D eigenvalue weighted by molar-refractivity contribution is -0.122. The lowest BCUT2D eigenvalue weighted by Crippen LogP contribution is -2.41. The molecule has 27 heavy (non-hydrogen) atoms. The van der Waals surface area contributed by atoms with Gasteiger partial charge < -0.3 is 9.47 Å². The summed E-state index contributed by atoms with van der Waals surface area (Å²) in [6.07, 6.45) is 2.24. The van der Waals surface area contributed by atoms with Gasteiger partial charge in [-0.1, -0.05) is 12.1 Å². The van der Waals surface area contributed by atoms with Crippen molar-refractivity contribution in [1.29, 1.82) is 0 Å². The Morgan fingerprint density at radius 2 is 1.85 bits per heavy atom. The summed E-state index contributed by atoms with van der Waals surface area (Å²) in [6.45, 7) is 2.60. The first-order chi connectivity index (χ1) is 13.2. The van der Waals surface area contributed by atoms with Crippen LogP contribution in [0.2, 0.25) is 0 Å². The Balaban J connectivity index is 1.50. The van der Waals surface area contributed by atoms with Gasteiger partial charge in [0.25, 0.3) is 5.91 Å². The van der Waals surface area contributed by atoms with E-state index in [0.717, 1.165) is 22.6 Å². The smallest absolute Gasteiger partial charge is 0.258 e. The van der Waals surface area contributed by atoms with Crippen molar-refractivity contribution in [2.45, 2.75) is 25.4 Å². The fourth-order valence-corrected chi connectivity index (χ4v) is 2.85. The maximum atomic E-state index is 12.3. The van der Waals surface area contributed by atoms with Crippen molar-refractivity contribution < 1.29 is 14.3 Å². The standard InChI is InChI=1S/C20H24N4O3/c1-3-27-17-10-6-15(7-11-17)18-12-19(23-22-18)20(25)24-21-13-14-4-8-16(26-2)9-5-14/h4-11,13,18-19,22-23H,3,12H2,1-2H3,(H,24,25)/b21-13+. The number of nitrogens with zero attached hydrogens (tertiary/aromatic N) is 1. The van der Waals surface area contributed by atoms with Gasteiger partial charge in [-0.2, -0.15) is 5.10 Å². The Morgan fingerprint density at radius 3 is 2.52 bits per heavy atom. The van der Waals surface area contributed by atoms with Crippen LogP contribution >= 0.6 is 0 Å². The number of ether oxygens (including phenoxy) is 2. The minimum Gasteiger partial charge on any atom is -0.497 e. The third-order valence-electron chi connectivity index (χ3n) is 4.32. The molecule has 7 heteroatoms. The monoisotopic (exact) mass is 368 g/mol. The van der Waals surface area contributed by atoms with E-state index in [1.807, 2.05) is 55.5 Å². The van der Waals surface area contributed by atoms with Gasteiger partial charge in [-0.25, -0.2) is 16.3 Å². The minimum absolute atomic E-state index is 0.0574. The maximum absolute atomic E-state index is 12.3. The molecule has 2 atom stereocenters. The van der Waals surface area contributed by atoms with Crippen LogP contribution in [0.15, 0.2) is 53.6 Å². The lowest BCUT2D eigenvalue weighted by atomic mass is 10.0. The van der Waals surface area contributed by atoms with Gasteiger partial charge in [0.1, 0.15) is 17.5 Å². The van der Waals surface area contributed by atoms with Crippen molar-refractivity contribution >= 4 is 12.1 Å². The molecule has 1 aliphatic rings. The first kappa shape index (κ1) is 18.9. The zero-order valence-corrected chi connectivity index (χ0v) is 15.4. The second-order valence-electron chi connectivity index (χ2n) is 6.14. The molecule has 1 aliphatic heterocycles. The molecule has 0 bridgehead atoms. The third-order valence-corrected chi connectivity index (χ3v) is 4.32. The predicted molar refractivity (Wildman–Crippen MR) is 104 cm³/mol. The Kier molecular flexibility index (Phi) is 6.40. The molecule has 1 heterocycles. The van der Waals surface area contributed by atoms with Gasteiger partial charge in [0.15, 0.2) is 0 Å². The van der Waals surface area contributed by atoms with Gasteiger partial charge in [0.2, 0.25) is 0 Å². The highest BCUT2D eigenvalue weighted by molar-refractivity contribution is 5.85. The second kappa shape index (κ2) is 9.16. The summed E-state index contributed by atoms with van der Waals surface area (Å²) in [7, 11) is 1.62. The van der Waals surface area contributed by atoms with Gasteiger partial charge in [-0.05, 0) is 60.9 Å². The Morgan fingerprint density at radius 1 is 1.15 bits per heavy atom. The van der Waals surface area contributed by atoms with Crippen molar-refractivity contribution in [2.75, 3.05) is 13.7 Å². The third kappa shape index (κ3) is 5.06. The molecular formula is C20H24N4O3. The summed E-state index contributed by atoms with van der Waals surface area (Å²) in [5, 5.41) is 4.02. The molecule has 0 saturated carbocycles. The molecule has 2 unspecified atom stereocenters. The van der Waals surface area contributed by atoms with Crippen molar-refractivity contribution in [3.05, 3.63) is 59.7 Å². The van der Waals surface area contributed by atoms with Crippen LogP contribution in [0.5, 0.6) is 11.5 Å². The molecular weight excluding hydrogens is 344 g/mol. The van der Waals surface area contributed by atoms with Crippen molar-refractivity contribution in [3.8, 4) is 11.5 Å². The minimum atomic E-state index is -0.352. The molecule has 0 aliphatic carbocycles. The number of hydrazine groups is 1. The zero-order chi connectivity index (χ0) is 19.1. The van der Waals surface area contributed by atoms with Crippen molar-refractivity contribution in [3.63, 3.8) is 0 Å². The van der Waals surface area contributed by atoms with Crippen LogP contribution in [0.3, 0.4) is 0 Å². The average molecular weight is 368 g/mol. The highest BCUT2D eigenvalue weighted by atomic mass is 16.5. The van der Waals surface area contributed by atoms with E-state index in [0.29, 0.717) is 13.0 Å².